The first-order chi connectivity index (χ1) is 8.38. The summed E-state index contributed by atoms with van der Waals surface area (Å²) in [7, 11) is 1.66. The van der Waals surface area contributed by atoms with E-state index < -0.39 is 0 Å². The minimum absolute atomic E-state index is 0.707. The highest BCUT2D eigenvalue weighted by Crippen LogP contribution is 2.22. The molecule has 0 aliphatic rings. The average Bonchev–Trinajstić information content (AvgIpc) is 2.83. The Hall–Kier alpha value is -2.36. The van der Waals surface area contributed by atoms with E-state index >= 15 is 0 Å². The van der Waals surface area contributed by atoms with E-state index in [4.69, 9.17) is 4.74 Å². The highest BCUT2D eigenvalue weighted by Gasteiger charge is 2.05. The zero-order valence-corrected chi connectivity index (χ0v) is 9.37. The van der Waals surface area contributed by atoms with Crippen LogP contribution < -0.4 is 4.74 Å². The number of nitrogens with zero attached hydrogens (tertiary/aromatic N) is 3. The molecule has 0 bridgehead atoms. The van der Waals surface area contributed by atoms with Crippen LogP contribution in [-0.4, -0.2) is 21.5 Å². The second-order valence-corrected chi connectivity index (χ2v) is 3.66. The number of methoxy groups -OCH3 is 1. The Kier molecular flexibility index (Phi) is 2.26. The first-order valence-corrected chi connectivity index (χ1v) is 5.31. The molecule has 0 unspecified atom stereocenters. The van der Waals surface area contributed by atoms with Crippen molar-refractivity contribution in [3.8, 4) is 17.0 Å². The third kappa shape index (κ3) is 1.63. The largest absolute Gasteiger partial charge is 0.497 e. The van der Waals surface area contributed by atoms with E-state index in [0.29, 0.717) is 5.78 Å². The van der Waals surface area contributed by atoms with Gasteiger partial charge < -0.3 is 4.74 Å². The molecule has 2 aromatic heterocycles. The highest BCUT2D eigenvalue weighted by molar-refractivity contribution is 5.63. The molecule has 0 N–H and O–H groups in total. The molecule has 0 aliphatic carbocycles. The van der Waals surface area contributed by atoms with Gasteiger partial charge in [0.25, 0.3) is 0 Å². The van der Waals surface area contributed by atoms with E-state index in [1.54, 1.807) is 13.3 Å². The van der Waals surface area contributed by atoms with Crippen LogP contribution in [0.3, 0.4) is 0 Å². The SMILES string of the molecule is COc1ccc(-c2cnc3ncccn23)cc1. The maximum Gasteiger partial charge on any atom is 0.234 e. The van der Waals surface area contributed by atoms with Crippen LogP contribution in [0, 0.1) is 0 Å². The summed E-state index contributed by atoms with van der Waals surface area (Å²) in [5, 5.41) is 0. The molecule has 0 amide bonds. The van der Waals surface area contributed by atoms with Gasteiger partial charge in [0.2, 0.25) is 5.78 Å². The van der Waals surface area contributed by atoms with Crippen LogP contribution in [0.25, 0.3) is 17.0 Å². The van der Waals surface area contributed by atoms with Crippen LogP contribution in [0.15, 0.2) is 48.9 Å². The molecular formula is C13H11N3O. The van der Waals surface area contributed by atoms with Gasteiger partial charge in [-0.3, -0.25) is 4.40 Å². The quantitative estimate of drug-likeness (QED) is 0.672. The Labute approximate surface area is 98.5 Å². The summed E-state index contributed by atoms with van der Waals surface area (Å²) in [5.41, 5.74) is 2.11. The fraction of sp³-hybridized carbons (Fsp3) is 0.0769. The first kappa shape index (κ1) is 9.84. The predicted octanol–water partition coefficient (Wildman–Crippen LogP) is 2.40. The molecule has 4 nitrogen and oxygen atoms in total. The molecule has 3 aromatic rings. The van der Waals surface area contributed by atoms with Crippen LogP contribution in [0.4, 0.5) is 0 Å². The topological polar surface area (TPSA) is 39.4 Å². The van der Waals surface area contributed by atoms with Crippen LogP contribution in [0.5, 0.6) is 5.75 Å². The fourth-order valence-electron chi connectivity index (χ4n) is 1.80. The van der Waals surface area contributed by atoms with Crippen molar-refractivity contribution in [2.24, 2.45) is 0 Å². The van der Waals surface area contributed by atoms with Crippen molar-refractivity contribution in [2.45, 2.75) is 0 Å². The molecule has 84 valence electrons. The lowest BCUT2D eigenvalue weighted by atomic mass is 10.1. The molecule has 2 heterocycles. The van der Waals surface area contributed by atoms with Crippen molar-refractivity contribution >= 4 is 5.78 Å². The predicted molar refractivity (Wildman–Crippen MR) is 65.0 cm³/mol. The smallest absolute Gasteiger partial charge is 0.234 e. The van der Waals surface area contributed by atoms with E-state index in [9.17, 15) is 0 Å². The molecule has 1 aromatic carbocycles. The van der Waals surface area contributed by atoms with Gasteiger partial charge in [-0.15, -0.1) is 0 Å². The van der Waals surface area contributed by atoms with Gasteiger partial charge in [-0.05, 0) is 30.3 Å². The number of aromatic nitrogens is 3. The zero-order valence-electron chi connectivity index (χ0n) is 9.37. The highest BCUT2D eigenvalue weighted by atomic mass is 16.5. The average molecular weight is 225 g/mol. The third-order valence-electron chi connectivity index (χ3n) is 2.67. The lowest BCUT2D eigenvalue weighted by molar-refractivity contribution is 0.415. The molecule has 3 rings (SSSR count). The molecule has 4 heteroatoms. The number of hydrogen-bond donors (Lipinski definition) is 0. The molecule has 17 heavy (non-hydrogen) atoms. The Morgan fingerprint density at radius 2 is 1.94 bits per heavy atom. The molecule has 0 saturated heterocycles. The molecular weight excluding hydrogens is 214 g/mol. The van der Waals surface area contributed by atoms with Crippen LogP contribution in [-0.2, 0) is 0 Å². The van der Waals surface area contributed by atoms with Crippen molar-refractivity contribution in [3.63, 3.8) is 0 Å². The third-order valence-corrected chi connectivity index (χ3v) is 2.67. The normalized spacial score (nSPS) is 10.6. The molecule has 0 fully saturated rings. The summed E-state index contributed by atoms with van der Waals surface area (Å²) in [6, 6.07) is 9.78. The lowest BCUT2D eigenvalue weighted by Gasteiger charge is -2.03. The van der Waals surface area contributed by atoms with Gasteiger partial charge in [0, 0.05) is 18.0 Å². The standard InChI is InChI=1S/C13H11N3O/c1-17-11-5-3-10(4-6-11)12-9-15-13-14-7-2-8-16(12)13/h2-9H,1H3. The molecule has 0 saturated carbocycles. The van der Waals surface area contributed by atoms with Crippen LogP contribution >= 0.6 is 0 Å². The number of benzene rings is 1. The van der Waals surface area contributed by atoms with Crippen molar-refractivity contribution in [1.29, 1.82) is 0 Å². The van der Waals surface area contributed by atoms with E-state index in [0.717, 1.165) is 17.0 Å². The van der Waals surface area contributed by atoms with Gasteiger partial charge >= 0.3 is 0 Å². The Balaban J connectivity index is 2.13. The van der Waals surface area contributed by atoms with Crippen molar-refractivity contribution in [3.05, 3.63) is 48.9 Å². The summed E-state index contributed by atoms with van der Waals surface area (Å²) in [6.45, 7) is 0. The molecule has 0 aliphatic heterocycles. The minimum Gasteiger partial charge on any atom is -0.497 e. The Bertz CT molecular complexity index is 643. The number of ether oxygens (including phenoxy) is 1. The number of hydrogen-bond acceptors (Lipinski definition) is 3. The summed E-state index contributed by atoms with van der Waals surface area (Å²) in [5.74, 6) is 1.55. The second-order valence-electron chi connectivity index (χ2n) is 3.66. The molecule has 0 radical (unpaired) electrons. The van der Waals surface area contributed by atoms with Gasteiger partial charge in [0.15, 0.2) is 0 Å². The summed E-state index contributed by atoms with van der Waals surface area (Å²) in [6.07, 6.45) is 5.51. The Morgan fingerprint density at radius 1 is 1.12 bits per heavy atom. The zero-order chi connectivity index (χ0) is 11.7. The van der Waals surface area contributed by atoms with Crippen LogP contribution in [0.2, 0.25) is 0 Å². The maximum atomic E-state index is 5.14. The second kappa shape index (κ2) is 3.90. The summed E-state index contributed by atoms with van der Waals surface area (Å²) in [4.78, 5) is 8.45. The molecule has 0 spiro atoms. The number of fused-ring (bicyclic) bond motifs is 1. The van der Waals surface area contributed by atoms with Gasteiger partial charge in [-0.25, -0.2) is 9.97 Å². The lowest BCUT2D eigenvalue weighted by Crippen LogP contribution is -1.89. The van der Waals surface area contributed by atoms with E-state index in [1.807, 2.05) is 47.1 Å². The summed E-state index contributed by atoms with van der Waals surface area (Å²) < 4.78 is 7.10. The Morgan fingerprint density at radius 3 is 2.71 bits per heavy atom. The number of imidazole rings is 1. The van der Waals surface area contributed by atoms with Crippen molar-refractivity contribution in [2.75, 3.05) is 7.11 Å². The van der Waals surface area contributed by atoms with Crippen molar-refractivity contribution < 1.29 is 4.74 Å². The first-order valence-electron chi connectivity index (χ1n) is 5.31. The summed E-state index contributed by atoms with van der Waals surface area (Å²) >= 11 is 0. The molecule has 0 atom stereocenters. The maximum absolute atomic E-state index is 5.14. The van der Waals surface area contributed by atoms with Crippen LogP contribution in [0.1, 0.15) is 0 Å². The monoisotopic (exact) mass is 225 g/mol. The van der Waals surface area contributed by atoms with Gasteiger partial charge in [0.05, 0.1) is 19.0 Å². The van der Waals surface area contributed by atoms with Crippen molar-refractivity contribution in [1.82, 2.24) is 14.4 Å². The van der Waals surface area contributed by atoms with Gasteiger partial charge in [-0.1, -0.05) is 0 Å². The van der Waals surface area contributed by atoms with E-state index in [2.05, 4.69) is 9.97 Å². The fourth-order valence-corrected chi connectivity index (χ4v) is 1.80. The van der Waals surface area contributed by atoms with E-state index in [-0.39, 0.29) is 0 Å². The van der Waals surface area contributed by atoms with E-state index in [1.165, 1.54) is 0 Å². The number of rotatable bonds is 2. The van der Waals surface area contributed by atoms with Gasteiger partial charge in [0.1, 0.15) is 5.75 Å². The minimum atomic E-state index is 0.707. The van der Waals surface area contributed by atoms with Gasteiger partial charge in [-0.2, -0.15) is 0 Å².